The summed E-state index contributed by atoms with van der Waals surface area (Å²) in [5.74, 6) is 0.591. The summed E-state index contributed by atoms with van der Waals surface area (Å²) >= 11 is 6.28. The summed E-state index contributed by atoms with van der Waals surface area (Å²) in [4.78, 5) is 8.84. The number of phenols is 1. The number of aromatic nitrogens is 5. The molecule has 5 aromatic rings. The van der Waals surface area contributed by atoms with Crippen molar-refractivity contribution in [3.63, 3.8) is 0 Å². The number of nitrogens with zero attached hydrogens (tertiary/aromatic N) is 5. The van der Waals surface area contributed by atoms with E-state index in [-0.39, 0.29) is 12.4 Å². The lowest BCUT2D eigenvalue weighted by molar-refractivity contribution is 0.278. The first-order valence-electron chi connectivity index (χ1n) is 9.29. The Morgan fingerprint density at radius 3 is 2.83 bits per heavy atom. The minimum atomic E-state index is 0.0443. The van der Waals surface area contributed by atoms with Crippen LogP contribution in [0.2, 0.25) is 5.02 Å². The third kappa shape index (κ3) is 3.32. The topological polar surface area (TPSA) is 100 Å². The summed E-state index contributed by atoms with van der Waals surface area (Å²) in [6.45, 7) is 0.523. The van der Waals surface area contributed by atoms with Crippen molar-refractivity contribution >= 4 is 39.9 Å². The molecule has 8 nitrogen and oxygen atoms in total. The summed E-state index contributed by atoms with van der Waals surface area (Å²) in [5.41, 5.74) is 4.78. The molecule has 0 amide bonds. The Bertz CT molecular complexity index is 1380. The minimum Gasteiger partial charge on any atom is -0.508 e. The number of aromatic hydroxyl groups is 1. The van der Waals surface area contributed by atoms with Crippen LogP contribution in [-0.2, 0) is 6.54 Å². The highest BCUT2D eigenvalue weighted by Gasteiger charge is 2.10. The second kappa shape index (κ2) is 7.33. The predicted molar refractivity (Wildman–Crippen MR) is 115 cm³/mol. The summed E-state index contributed by atoms with van der Waals surface area (Å²) in [6.07, 6.45) is 3.52. The number of rotatable bonds is 5. The van der Waals surface area contributed by atoms with E-state index >= 15 is 0 Å². The van der Waals surface area contributed by atoms with E-state index in [4.69, 9.17) is 11.6 Å². The number of benzene rings is 2. The Morgan fingerprint density at radius 1 is 1.07 bits per heavy atom. The van der Waals surface area contributed by atoms with Crippen LogP contribution in [0.4, 0.5) is 11.6 Å². The van der Waals surface area contributed by atoms with Crippen molar-refractivity contribution in [3.8, 4) is 16.9 Å². The van der Waals surface area contributed by atoms with Crippen LogP contribution in [0.25, 0.3) is 27.8 Å². The van der Waals surface area contributed by atoms with Crippen molar-refractivity contribution in [1.29, 1.82) is 0 Å². The van der Waals surface area contributed by atoms with Gasteiger partial charge in [-0.1, -0.05) is 11.6 Å². The Balaban J connectivity index is 1.47. The highest BCUT2D eigenvalue weighted by atomic mass is 35.5. The van der Waals surface area contributed by atoms with Gasteiger partial charge in [0.15, 0.2) is 5.65 Å². The molecule has 3 heterocycles. The monoisotopic (exact) mass is 420 g/mol. The molecule has 0 spiro atoms. The standard InChI is InChI=1S/C21H17ClN6O2/c22-17-4-3-15(30)10-16(17)13-1-6-20-25-21(26-28(20)11-13)24-14-2-5-18-19(9-14)27(7-8-29)12-23-18/h1-6,9-12,29-30H,7-8H2,(H,24,26). The molecule has 0 aliphatic rings. The van der Waals surface area contributed by atoms with E-state index in [1.54, 1.807) is 29.0 Å². The van der Waals surface area contributed by atoms with Crippen molar-refractivity contribution in [2.45, 2.75) is 6.54 Å². The first kappa shape index (κ1) is 18.4. The van der Waals surface area contributed by atoms with E-state index in [1.165, 1.54) is 0 Å². The zero-order chi connectivity index (χ0) is 20.7. The number of pyridine rings is 1. The molecule has 9 heteroatoms. The first-order chi connectivity index (χ1) is 14.6. The van der Waals surface area contributed by atoms with Crippen molar-refractivity contribution in [3.05, 3.63) is 66.1 Å². The lowest BCUT2D eigenvalue weighted by atomic mass is 10.1. The second-order valence-electron chi connectivity index (χ2n) is 6.81. The van der Waals surface area contributed by atoms with Crippen LogP contribution in [0.5, 0.6) is 5.75 Å². The Labute approximate surface area is 176 Å². The Morgan fingerprint density at radius 2 is 1.97 bits per heavy atom. The number of imidazole rings is 1. The largest absolute Gasteiger partial charge is 0.508 e. The number of fused-ring (bicyclic) bond motifs is 2. The molecule has 3 aromatic heterocycles. The van der Waals surface area contributed by atoms with E-state index in [0.29, 0.717) is 28.7 Å². The SMILES string of the molecule is OCCn1cnc2ccc(Nc3nc4ccc(-c5cc(O)ccc5Cl)cn4n3)cc21. The molecule has 0 fully saturated rings. The van der Waals surface area contributed by atoms with E-state index in [9.17, 15) is 10.2 Å². The number of anilines is 2. The zero-order valence-corrected chi connectivity index (χ0v) is 16.5. The molecule has 0 bridgehead atoms. The van der Waals surface area contributed by atoms with Crippen LogP contribution in [0.3, 0.4) is 0 Å². The molecule has 0 aliphatic heterocycles. The third-order valence-electron chi connectivity index (χ3n) is 4.81. The van der Waals surface area contributed by atoms with Gasteiger partial charge in [-0.3, -0.25) is 0 Å². The predicted octanol–water partition coefficient (Wildman–Crippen LogP) is 3.84. The maximum Gasteiger partial charge on any atom is 0.247 e. The molecule has 0 unspecified atom stereocenters. The van der Waals surface area contributed by atoms with E-state index < -0.39 is 0 Å². The average Bonchev–Trinajstić information content (AvgIpc) is 3.33. The van der Waals surface area contributed by atoms with Crippen molar-refractivity contribution in [1.82, 2.24) is 24.1 Å². The van der Waals surface area contributed by atoms with Gasteiger partial charge in [-0.25, -0.2) is 9.50 Å². The first-order valence-corrected chi connectivity index (χ1v) is 9.66. The van der Waals surface area contributed by atoms with Gasteiger partial charge < -0.3 is 20.1 Å². The normalized spacial score (nSPS) is 11.4. The highest BCUT2D eigenvalue weighted by Crippen LogP contribution is 2.31. The zero-order valence-electron chi connectivity index (χ0n) is 15.7. The smallest absolute Gasteiger partial charge is 0.247 e. The van der Waals surface area contributed by atoms with E-state index in [2.05, 4.69) is 20.4 Å². The maximum atomic E-state index is 9.77. The minimum absolute atomic E-state index is 0.0443. The lowest BCUT2D eigenvalue weighted by Crippen LogP contribution is -2.00. The van der Waals surface area contributed by atoms with Crippen molar-refractivity contribution in [2.24, 2.45) is 0 Å². The fraction of sp³-hybridized carbons (Fsp3) is 0.0952. The number of halogens is 1. The van der Waals surface area contributed by atoms with Crippen LogP contribution < -0.4 is 5.32 Å². The molecule has 0 saturated carbocycles. The number of hydrogen-bond acceptors (Lipinski definition) is 6. The number of phenolic OH excluding ortho intramolecular Hbond substituents is 1. The van der Waals surface area contributed by atoms with Crippen molar-refractivity contribution < 1.29 is 10.2 Å². The van der Waals surface area contributed by atoms with Gasteiger partial charge in [-0.2, -0.15) is 4.98 Å². The van der Waals surface area contributed by atoms with Crippen LogP contribution in [0.1, 0.15) is 0 Å². The van der Waals surface area contributed by atoms with Gasteiger partial charge in [0.25, 0.3) is 0 Å². The molecule has 30 heavy (non-hydrogen) atoms. The second-order valence-corrected chi connectivity index (χ2v) is 7.22. The van der Waals surface area contributed by atoms with Gasteiger partial charge in [-0.15, -0.1) is 5.10 Å². The average molecular weight is 421 g/mol. The number of nitrogens with one attached hydrogen (secondary N) is 1. The lowest BCUT2D eigenvalue weighted by Gasteiger charge is -2.05. The molecule has 0 saturated heterocycles. The highest BCUT2D eigenvalue weighted by molar-refractivity contribution is 6.33. The van der Waals surface area contributed by atoms with Crippen LogP contribution in [0, 0.1) is 0 Å². The Kier molecular flexibility index (Phi) is 4.50. The quantitative estimate of drug-likeness (QED) is 0.399. The van der Waals surface area contributed by atoms with E-state index in [0.717, 1.165) is 22.3 Å². The molecule has 150 valence electrons. The van der Waals surface area contributed by atoms with Gasteiger partial charge >= 0.3 is 0 Å². The Hall–Kier alpha value is -3.62. The van der Waals surface area contributed by atoms with Crippen LogP contribution >= 0.6 is 11.6 Å². The van der Waals surface area contributed by atoms with Gasteiger partial charge in [0, 0.05) is 34.6 Å². The number of hydrogen-bond donors (Lipinski definition) is 3. The summed E-state index contributed by atoms with van der Waals surface area (Å²) in [7, 11) is 0. The molecule has 3 N–H and O–H groups in total. The summed E-state index contributed by atoms with van der Waals surface area (Å²) in [5, 5.41) is 27.2. The molecular formula is C21H17ClN6O2. The molecule has 0 aliphatic carbocycles. The van der Waals surface area contributed by atoms with Gasteiger partial charge in [0.05, 0.1) is 24.0 Å². The molecule has 0 radical (unpaired) electrons. The van der Waals surface area contributed by atoms with Crippen LogP contribution in [-0.4, -0.2) is 41.0 Å². The number of aliphatic hydroxyl groups is 1. The van der Waals surface area contributed by atoms with E-state index in [1.807, 2.05) is 41.1 Å². The summed E-state index contributed by atoms with van der Waals surface area (Å²) in [6, 6.07) is 14.3. The van der Waals surface area contributed by atoms with Gasteiger partial charge in [-0.05, 0) is 48.5 Å². The van der Waals surface area contributed by atoms with Gasteiger partial charge in [0.1, 0.15) is 5.75 Å². The van der Waals surface area contributed by atoms with Crippen LogP contribution in [0.15, 0.2) is 61.1 Å². The number of aliphatic hydroxyl groups excluding tert-OH is 1. The van der Waals surface area contributed by atoms with Gasteiger partial charge in [0.2, 0.25) is 5.95 Å². The molecule has 5 rings (SSSR count). The van der Waals surface area contributed by atoms with Crippen molar-refractivity contribution in [2.75, 3.05) is 11.9 Å². The molecular weight excluding hydrogens is 404 g/mol. The molecule has 0 atom stereocenters. The molecule has 2 aromatic carbocycles. The maximum absolute atomic E-state index is 9.77. The third-order valence-corrected chi connectivity index (χ3v) is 5.14. The summed E-state index contributed by atoms with van der Waals surface area (Å²) < 4.78 is 3.55. The fourth-order valence-corrected chi connectivity index (χ4v) is 3.61. The fourth-order valence-electron chi connectivity index (χ4n) is 3.38.